The molecule has 0 radical (unpaired) electrons. The van der Waals surface area contributed by atoms with Crippen LogP contribution in [0.2, 0.25) is 0 Å². The zero-order valence-corrected chi connectivity index (χ0v) is 13.2. The minimum Gasteiger partial charge on any atom is -0.356 e. The summed E-state index contributed by atoms with van der Waals surface area (Å²) in [6.07, 6.45) is 0.576. The molecule has 1 amide bonds. The van der Waals surface area contributed by atoms with Crippen LogP contribution in [0.1, 0.15) is 21.6 Å². The van der Waals surface area contributed by atoms with Crippen LogP contribution >= 0.6 is 0 Å². The summed E-state index contributed by atoms with van der Waals surface area (Å²) < 4.78 is 31.6. The molecule has 3 aromatic rings. The molecule has 2 aromatic carbocycles. The van der Waals surface area contributed by atoms with E-state index in [-0.39, 0.29) is 17.5 Å². The highest BCUT2D eigenvalue weighted by Gasteiger charge is 2.28. The van der Waals surface area contributed by atoms with Crippen LogP contribution in [0.3, 0.4) is 0 Å². The highest BCUT2D eigenvalue weighted by atomic mass is 19.1. The summed E-state index contributed by atoms with van der Waals surface area (Å²) in [7, 11) is 0. The molecule has 2 heterocycles. The maximum absolute atomic E-state index is 13.1. The second-order valence-corrected chi connectivity index (χ2v) is 5.93. The average Bonchev–Trinajstić information content (AvgIpc) is 3.05. The first-order valence-corrected chi connectivity index (χ1v) is 7.90. The molecule has 0 N–H and O–H groups in total. The molecule has 0 fully saturated rings. The van der Waals surface area contributed by atoms with Crippen molar-refractivity contribution in [2.24, 2.45) is 0 Å². The van der Waals surface area contributed by atoms with Gasteiger partial charge in [0.15, 0.2) is 5.76 Å². The molecule has 6 heteroatoms. The fourth-order valence-corrected chi connectivity index (χ4v) is 2.99. The van der Waals surface area contributed by atoms with E-state index < -0.39 is 0 Å². The smallest absolute Gasteiger partial charge is 0.254 e. The van der Waals surface area contributed by atoms with E-state index in [4.69, 9.17) is 4.52 Å². The van der Waals surface area contributed by atoms with Crippen molar-refractivity contribution in [3.63, 3.8) is 0 Å². The van der Waals surface area contributed by atoms with E-state index in [0.717, 1.165) is 11.3 Å². The molecule has 1 aliphatic rings. The molecule has 1 aromatic heterocycles. The number of rotatable bonds is 2. The summed E-state index contributed by atoms with van der Waals surface area (Å²) in [4.78, 5) is 14.3. The minimum atomic E-state index is -0.380. The van der Waals surface area contributed by atoms with Gasteiger partial charge < -0.3 is 9.42 Å². The molecule has 0 bridgehead atoms. The first-order chi connectivity index (χ1) is 12.1. The van der Waals surface area contributed by atoms with Crippen LogP contribution in [0.15, 0.2) is 53.1 Å². The summed E-state index contributed by atoms with van der Waals surface area (Å²) in [5.74, 6) is -0.330. The lowest BCUT2D eigenvalue weighted by Crippen LogP contribution is -2.35. The number of fused-ring (bicyclic) bond motifs is 1. The molecule has 4 rings (SSSR count). The van der Waals surface area contributed by atoms with Crippen molar-refractivity contribution in [3.8, 4) is 11.3 Å². The second-order valence-electron chi connectivity index (χ2n) is 5.93. The number of nitrogens with zero attached hydrogens (tertiary/aromatic N) is 2. The maximum atomic E-state index is 13.1. The first kappa shape index (κ1) is 15.5. The van der Waals surface area contributed by atoms with Crippen molar-refractivity contribution in [2.45, 2.75) is 13.0 Å². The Labute approximate surface area is 142 Å². The standard InChI is InChI=1S/C19H14F2N2O2/c20-14-5-1-12(2-6-14)18-16-11-23(10-9-17(16)22-25-18)19(24)13-3-7-15(21)8-4-13/h1-8H,9-11H2. The third kappa shape index (κ3) is 2.91. The van der Waals surface area contributed by atoms with Crippen molar-refractivity contribution in [3.05, 3.63) is 77.0 Å². The lowest BCUT2D eigenvalue weighted by atomic mass is 10.0. The van der Waals surface area contributed by atoms with Crippen molar-refractivity contribution in [2.75, 3.05) is 6.54 Å². The molecule has 0 atom stereocenters. The lowest BCUT2D eigenvalue weighted by Gasteiger charge is -2.26. The van der Waals surface area contributed by atoms with Crippen molar-refractivity contribution in [1.29, 1.82) is 0 Å². The summed E-state index contributed by atoms with van der Waals surface area (Å²) in [5, 5.41) is 4.08. The van der Waals surface area contributed by atoms with Crippen LogP contribution in [-0.4, -0.2) is 22.5 Å². The number of amides is 1. The maximum Gasteiger partial charge on any atom is 0.254 e. The zero-order chi connectivity index (χ0) is 17.4. The van der Waals surface area contributed by atoms with Gasteiger partial charge in [0, 0.05) is 29.7 Å². The van der Waals surface area contributed by atoms with Gasteiger partial charge in [-0.25, -0.2) is 8.78 Å². The fraction of sp³-hybridized carbons (Fsp3) is 0.158. The third-order valence-electron chi connectivity index (χ3n) is 4.32. The van der Waals surface area contributed by atoms with Crippen LogP contribution in [0, 0.1) is 11.6 Å². The van der Waals surface area contributed by atoms with E-state index in [1.54, 1.807) is 17.0 Å². The quantitative estimate of drug-likeness (QED) is 0.712. The third-order valence-corrected chi connectivity index (χ3v) is 4.32. The highest BCUT2D eigenvalue weighted by Crippen LogP contribution is 2.31. The van der Waals surface area contributed by atoms with E-state index in [9.17, 15) is 13.6 Å². The van der Waals surface area contributed by atoms with Gasteiger partial charge in [-0.2, -0.15) is 0 Å². The van der Waals surface area contributed by atoms with E-state index in [0.29, 0.717) is 36.4 Å². The Morgan fingerprint density at radius 2 is 1.64 bits per heavy atom. The average molecular weight is 340 g/mol. The molecule has 0 aliphatic carbocycles. The monoisotopic (exact) mass is 340 g/mol. The number of hydrogen-bond acceptors (Lipinski definition) is 3. The SMILES string of the molecule is O=C(c1ccc(F)cc1)N1CCc2noc(-c3ccc(F)cc3)c2C1. The first-order valence-electron chi connectivity index (χ1n) is 7.90. The molecular formula is C19H14F2N2O2. The Morgan fingerprint density at radius 1 is 1.00 bits per heavy atom. The number of halogens is 2. The van der Waals surface area contributed by atoms with Crippen molar-refractivity contribution >= 4 is 5.91 Å². The normalized spacial score (nSPS) is 13.6. The predicted molar refractivity (Wildman–Crippen MR) is 86.7 cm³/mol. The van der Waals surface area contributed by atoms with Crippen molar-refractivity contribution in [1.82, 2.24) is 10.1 Å². The van der Waals surface area contributed by atoms with E-state index >= 15 is 0 Å². The van der Waals surface area contributed by atoms with Crippen LogP contribution < -0.4 is 0 Å². The van der Waals surface area contributed by atoms with Gasteiger partial charge in [0.05, 0.1) is 12.2 Å². The summed E-state index contributed by atoms with van der Waals surface area (Å²) in [6, 6.07) is 11.4. The van der Waals surface area contributed by atoms with Crippen LogP contribution in [0.5, 0.6) is 0 Å². The number of hydrogen-bond donors (Lipinski definition) is 0. The summed E-state index contributed by atoms with van der Waals surface area (Å²) >= 11 is 0. The molecule has 1 aliphatic heterocycles. The van der Waals surface area contributed by atoms with Crippen LogP contribution in [-0.2, 0) is 13.0 Å². The molecule has 0 spiro atoms. The second kappa shape index (κ2) is 6.12. The minimum absolute atomic E-state index is 0.170. The Hall–Kier alpha value is -3.02. The van der Waals surface area contributed by atoms with Gasteiger partial charge in [0.25, 0.3) is 5.91 Å². The van der Waals surface area contributed by atoms with Crippen molar-refractivity contribution < 1.29 is 18.1 Å². The molecule has 25 heavy (non-hydrogen) atoms. The number of carbonyl (C=O) groups excluding carboxylic acids is 1. The van der Waals surface area contributed by atoms with Gasteiger partial charge in [0.2, 0.25) is 0 Å². The number of aromatic nitrogens is 1. The molecule has 0 saturated heterocycles. The van der Waals surface area contributed by atoms with E-state index in [1.165, 1.54) is 36.4 Å². The topological polar surface area (TPSA) is 46.3 Å². The largest absolute Gasteiger partial charge is 0.356 e. The Morgan fingerprint density at radius 3 is 2.32 bits per heavy atom. The predicted octanol–water partition coefficient (Wildman–Crippen LogP) is 3.82. The summed E-state index contributed by atoms with van der Waals surface area (Å²) in [5.41, 5.74) is 2.78. The Balaban J connectivity index is 1.62. The van der Waals surface area contributed by atoms with Crippen LogP contribution in [0.4, 0.5) is 8.78 Å². The van der Waals surface area contributed by atoms with Gasteiger partial charge in [-0.3, -0.25) is 4.79 Å². The van der Waals surface area contributed by atoms with Gasteiger partial charge >= 0.3 is 0 Å². The molecule has 4 nitrogen and oxygen atoms in total. The van der Waals surface area contributed by atoms with Gasteiger partial charge in [-0.15, -0.1) is 0 Å². The molecule has 0 unspecified atom stereocenters. The van der Waals surface area contributed by atoms with Gasteiger partial charge in [-0.05, 0) is 48.5 Å². The number of benzene rings is 2. The fourth-order valence-electron chi connectivity index (χ4n) is 2.99. The zero-order valence-electron chi connectivity index (χ0n) is 13.2. The highest BCUT2D eigenvalue weighted by molar-refractivity contribution is 5.94. The lowest BCUT2D eigenvalue weighted by molar-refractivity contribution is 0.0734. The van der Waals surface area contributed by atoms with Gasteiger partial charge in [-0.1, -0.05) is 5.16 Å². The van der Waals surface area contributed by atoms with Gasteiger partial charge in [0.1, 0.15) is 11.6 Å². The summed E-state index contributed by atoms with van der Waals surface area (Å²) in [6.45, 7) is 0.861. The van der Waals surface area contributed by atoms with E-state index in [1.807, 2.05) is 0 Å². The Bertz CT molecular complexity index is 918. The van der Waals surface area contributed by atoms with Crippen LogP contribution in [0.25, 0.3) is 11.3 Å². The van der Waals surface area contributed by atoms with E-state index in [2.05, 4.69) is 5.16 Å². The Kier molecular flexibility index (Phi) is 3.80. The molecular weight excluding hydrogens is 326 g/mol. The molecule has 0 saturated carbocycles. The number of carbonyl (C=O) groups is 1. The molecule has 126 valence electrons.